The van der Waals surface area contributed by atoms with Crippen LogP contribution in [0.3, 0.4) is 0 Å². The molecule has 7 heteroatoms. The minimum absolute atomic E-state index is 0.109. The van der Waals surface area contributed by atoms with Gasteiger partial charge in [0.15, 0.2) is 5.82 Å². The van der Waals surface area contributed by atoms with E-state index in [-0.39, 0.29) is 11.6 Å². The molecule has 1 atom stereocenters. The summed E-state index contributed by atoms with van der Waals surface area (Å²) in [6.45, 7) is 11.1. The number of aromatic nitrogens is 2. The van der Waals surface area contributed by atoms with Gasteiger partial charge in [-0.05, 0) is 33.2 Å². The third-order valence-corrected chi connectivity index (χ3v) is 5.37. The molecule has 0 aromatic carbocycles. The summed E-state index contributed by atoms with van der Waals surface area (Å²) in [7, 11) is 1.69. The molecular weight excluding hydrogens is 320 g/mol. The zero-order valence-electron chi connectivity index (χ0n) is 15.9. The fourth-order valence-electron chi connectivity index (χ4n) is 3.92. The first-order valence-corrected chi connectivity index (χ1v) is 9.48. The Kier molecular flexibility index (Phi) is 6.44. The molecule has 3 heterocycles. The maximum absolute atomic E-state index is 5.60. The normalized spacial score (nSPS) is 23.9. The van der Waals surface area contributed by atoms with E-state index in [1.165, 1.54) is 12.8 Å². The molecule has 2 saturated heterocycles. The first kappa shape index (κ1) is 18.8. The van der Waals surface area contributed by atoms with E-state index in [1.807, 2.05) is 0 Å². The van der Waals surface area contributed by atoms with Crippen molar-refractivity contribution in [1.29, 1.82) is 0 Å². The number of nitrogens with zero attached hydrogens (tertiary/aromatic N) is 4. The molecule has 2 aliphatic heterocycles. The zero-order valence-corrected chi connectivity index (χ0v) is 15.9. The van der Waals surface area contributed by atoms with Crippen molar-refractivity contribution in [2.75, 3.05) is 53.1 Å². The summed E-state index contributed by atoms with van der Waals surface area (Å²) >= 11 is 0. The maximum atomic E-state index is 5.60. The Morgan fingerprint density at radius 2 is 2.00 bits per heavy atom. The van der Waals surface area contributed by atoms with Crippen LogP contribution < -0.4 is 0 Å². The number of ether oxygens (including phenoxy) is 2. The molecule has 0 aliphatic carbocycles. The minimum Gasteiger partial charge on any atom is -0.384 e. The van der Waals surface area contributed by atoms with Crippen LogP contribution in [0.2, 0.25) is 0 Å². The van der Waals surface area contributed by atoms with E-state index in [0.717, 1.165) is 57.5 Å². The minimum atomic E-state index is 0.109. The summed E-state index contributed by atoms with van der Waals surface area (Å²) < 4.78 is 16.2. The molecule has 2 fully saturated rings. The summed E-state index contributed by atoms with van der Waals surface area (Å²) in [6, 6.07) is 0.234. The quantitative estimate of drug-likeness (QED) is 0.742. The molecule has 25 heavy (non-hydrogen) atoms. The molecular formula is C18H32N4O3. The molecule has 0 saturated carbocycles. The predicted octanol–water partition coefficient (Wildman–Crippen LogP) is 1.90. The van der Waals surface area contributed by atoms with E-state index < -0.39 is 0 Å². The highest BCUT2D eigenvalue weighted by Crippen LogP contribution is 2.32. The zero-order chi connectivity index (χ0) is 17.7. The van der Waals surface area contributed by atoms with Gasteiger partial charge in [0.2, 0.25) is 5.89 Å². The van der Waals surface area contributed by atoms with Crippen LogP contribution in [0.25, 0.3) is 0 Å². The Bertz CT molecular complexity index is 528. The summed E-state index contributed by atoms with van der Waals surface area (Å²) in [6.07, 6.45) is 4.24. The van der Waals surface area contributed by atoms with Crippen molar-refractivity contribution in [3.63, 3.8) is 0 Å². The number of likely N-dealkylation sites (tertiary alicyclic amines) is 1. The Morgan fingerprint density at radius 1 is 1.20 bits per heavy atom. The third-order valence-electron chi connectivity index (χ3n) is 5.37. The van der Waals surface area contributed by atoms with Crippen LogP contribution in [0.1, 0.15) is 50.9 Å². The topological polar surface area (TPSA) is 63.9 Å². The lowest BCUT2D eigenvalue weighted by Crippen LogP contribution is -2.56. The van der Waals surface area contributed by atoms with E-state index in [2.05, 4.69) is 33.8 Å². The molecule has 0 N–H and O–H groups in total. The van der Waals surface area contributed by atoms with E-state index in [0.29, 0.717) is 13.0 Å². The summed E-state index contributed by atoms with van der Waals surface area (Å²) in [5, 5.41) is 4.13. The molecule has 0 bridgehead atoms. The van der Waals surface area contributed by atoms with Crippen molar-refractivity contribution in [1.82, 2.24) is 19.9 Å². The van der Waals surface area contributed by atoms with Crippen LogP contribution in [0.5, 0.6) is 0 Å². The van der Waals surface area contributed by atoms with Crippen molar-refractivity contribution in [3.8, 4) is 0 Å². The van der Waals surface area contributed by atoms with E-state index >= 15 is 0 Å². The van der Waals surface area contributed by atoms with Gasteiger partial charge < -0.3 is 14.0 Å². The summed E-state index contributed by atoms with van der Waals surface area (Å²) in [4.78, 5) is 9.71. The van der Waals surface area contributed by atoms with Crippen molar-refractivity contribution in [2.24, 2.45) is 0 Å². The molecule has 1 aromatic rings. The van der Waals surface area contributed by atoms with Gasteiger partial charge in [0.05, 0.1) is 25.9 Å². The van der Waals surface area contributed by atoms with Gasteiger partial charge in [-0.1, -0.05) is 11.6 Å². The molecule has 7 nitrogen and oxygen atoms in total. The van der Waals surface area contributed by atoms with E-state index in [1.54, 1.807) is 7.11 Å². The standard InChI is InChI=1S/C18H32N4O3/c1-18(2,22-9-12-24-13-10-22)14-21-8-5-4-6-15(21)17-19-16(20-25-17)7-11-23-3/h15H,4-14H2,1-3H3/t15-/m0/s1. The fraction of sp³-hybridized carbons (Fsp3) is 0.889. The number of piperidine rings is 1. The van der Waals surface area contributed by atoms with Crippen LogP contribution in [0.4, 0.5) is 0 Å². The molecule has 0 amide bonds. The second-order valence-electron chi connectivity index (χ2n) is 7.69. The number of rotatable bonds is 7. The van der Waals surface area contributed by atoms with Gasteiger partial charge in [-0.3, -0.25) is 9.80 Å². The number of hydrogen-bond donors (Lipinski definition) is 0. The average molecular weight is 352 g/mol. The first-order chi connectivity index (χ1) is 12.1. The van der Waals surface area contributed by atoms with Crippen LogP contribution in [-0.4, -0.2) is 78.6 Å². The van der Waals surface area contributed by atoms with Crippen LogP contribution in [0.15, 0.2) is 4.52 Å². The fourth-order valence-corrected chi connectivity index (χ4v) is 3.92. The summed E-state index contributed by atoms with van der Waals surface area (Å²) in [5.74, 6) is 1.51. The van der Waals surface area contributed by atoms with Crippen molar-refractivity contribution in [2.45, 2.75) is 51.1 Å². The van der Waals surface area contributed by atoms with Gasteiger partial charge in [0.25, 0.3) is 0 Å². The average Bonchev–Trinajstić information content (AvgIpc) is 3.09. The van der Waals surface area contributed by atoms with Crippen molar-refractivity contribution >= 4 is 0 Å². The monoisotopic (exact) mass is 352 g/mol. The lowest BCUT2D eigenvalue weighted by Gasteiger charge is -2.45. The Balaban J connectivity index is 1.66. The van der Waals surface area contributed by atoms with Crippen LogP contribution in [-0.2, 0) is 15.9 Å². The SMILES string of the molecule is COCCc1noc([C@@H]2CCCCN2CC(C)(C)N2CCOCC2)n1. The highest BCUT2D eigenvalue weighted by atomic mass is 16.5. The van der Waals surface area contributed by atoms with Gasteiger partial charge >= 0.3 is 0 Å². The molecule has 0 unspecified atom stereocenters. The second-order valence-corrected chi connectivity index (χ2v) is 7.69. The van der Waals surface area contributed by atoms with E-state index in [9.17, 15) is 0 Å². The van der Waals surface area contributed by atoms with Gasteiger partial charge in [0.1, 0.15) is 0 Å². The van der Waals surface area contributed by atoms with E-state index in [4.69, 9.17) is 14.0 Å². The Morgan fingerprint density at radius 3 is 2.76 bits per heavy atom. The highest BCUT2D eigenvalue weighted by molar-refractivity contribution is 4.98. The van der Waals surface area contributed by atoms with Crippen molar-refractivity contribution in [3.05, 3.63) is 11.7 Å². The smallest absolute Gasteiger partial charge is 0.243 e. The highest BCUT2D eigenvalue weighted by Gasteiger charge is 2.36. The first-order valence-electron chi connectivity index (χ1n) is 9.48. The largest absolute Gasteiger partial charge is 0.384 e. The van der Waals surface area contributed by atoms with Gasteiger partial charge in [-0.2, -0.15) is 4.98 Å². The Labute approximate surface area is 150 Å². The number of hydrogen-bond acceptors (Lipinski definition) is 7. The predicted molar refractivity (Wildman–Crippen MR) is 94.5 cm³/mol. The molecule has 0 spiro atoms. The number of morpholine rings is 1. The Hall–Kier alpha value is -1.02. The molecule has 3 rings (SSSR count). The second kappa shape index (κ2) is 8.58. The lowest BCUT2D eigenvalue weighted by molar-refractivity contribution is -0.0321. The molecule has 1 aromatic heterocycles. The van der Waals surface area contributed by atoms with Gasteiger partial charge in [-0.15, -0.1) is 0 Å². The summed E-state index contributed by atoms with van der Waals surface area (Å²) in [5.41, 5.74) is 0.109. The molecule has 142 valence electrons. The van der Waals surface area contributed by atoms with Crippen LogP contribution in [0, 0.1) is 0 Å². The molecule has 2 aliphatic rings. The van der Waals surface area contributed by atoms with Gasteiger partial charge in [-0.25, -0.2) is 0 Å². The lowest BCUT2D eigenvalue weighted by atomic mass is 9.96. The van der Waals surface area contributed by atoms with Gasteiger partial charge in [0, 0.05) is 38.7 Å². The molecule has 0 radical (unpaired) electrons. The maximum Gasteiger partial charge on any atom is 0.243 e. The van der Waals surface area contributed by atoms with Crippen molar-refractivity contribution < 1.29 is 14.0 Å². The van der Waals surface area contributed by atoms with Crippen LogP contribution >= 0.6 is 0 Å². The third kappa shape index (κ3) is 4.78. The number of methoxy groups -OCH3 is 1.